The summed E-state index contributed by atoms with van der Waals surface area (Å²) in [6.45, 7) is 0. The molecule has 0 heterocycles. The average molecular weight is 498 g/mol. The SMILES string of the molecule is COc1cc(/C(Cc2ccc(OC)c(OC)c2Br)=C(\S)C(N)=O)cc(OC)c1OC. The van der Waals surface area contributed by atoms with E-state index in [9.17, 15) is 4.79 Å². The molecule has 30 heavy (non-hydrogen) atoms. The fourth-order valence-corrected chi connectivity index (χ4v) is 3.82. The maximum absolute atomic E-state index is 12.0. The number of hydrogen-bond acceptors (Lipinski definition) is 7. The van der Waals surface area contributed by atoms with Crippen LogP contribution in [-0.4, -0.2) is 41.5 Å². The molecule has 2 N–H and O–H groups in total. The first-order valence-corrected chi connectivity index (χ1v) is 9.98. The summed E-state index contributed by atoms with van der Waals surface area (Å²) in [5, 5.41) is 0. The summed E-state index contributed by atoms with van der Waals surface area (Å²) in [5.74, 6) is 1.79. The highest BCUT2D eigenvalue weighted by Crippen LogP contribution is 2.43. The van der Waals surface area contributed by atoms with Crippen molar-refractivity contribution in [2.24, 2.45) is 5.73 Å². The summed E-state index contributed by atoms with van der Waals surface area (Å²) in [4.78, 5) is 12.1. The van der Waals surface area contributed by atoms with E-state index in [0.717, 1.165) is 5.56 Å². The van der Waals surface area contributed by atoms with Gasteiger partial charge in [-0.15, -0.1) is 12.6 Å². The topological polar surface area (TPSA) is 89.2 Å². The molecular weight excluding hydrogens is 474 g/mol. The molecule has 0 saturated carbocycles. The van der Waals surface area contributed by atoms with Crippen molar-refractivity contribution in [3.05, 3.63) is 44.8 Å². The molecule has 9 heteroatoms. The van der Waals surface area contributed by atoms with Gasteiger partial charge in [0, 0.05) is 6.42 Å². The number of halogens is 1. The van der Waals surface area contributed by atoms with E-state index in [1.54, 1.807) is 32.4 Å². The van der Waals surface area contributed by atoms with Gasteiger partial charge in [0.25, 0.3) is 5.91 Å². The number of hydrogen-bond donors (Lipinski definition) is 2. The molecule has 0 aliphatic carbocycles. The zero-order chi connectivity index (χ0) is 22.4. The number of methoxy groups -OCH3 is 5. The van der Waals surface area contributed by atoms with E-state index in [0.29, 0.717) is 50.8 Å². The Labute approximate surface area is 189 Å². The Morgan fingerprint density at radius 1 is 0.900 bits per heavy atom. The van der Waals surface area contributed by atoms with Gasteiger partial charge < -0.3 is 29.4 Å². The second-order valence-corrected chi connectivity index (χ2v) is 7.30. The highest BCUT2D eigenvalue weighted by atomic mass is 79.9. The molecule has 1 amide bonds. The summed E-state index contributed by atoms with van der Waals surface area (Å²) in [7, 11) is 7.67. The Hall–Kier alpha value is -2.52. The van der Waals surface area contributed by atoms with Crippen molar-refractivity contribution in [2.45, 2.75) is 6.42 Å². The molecule has 7 nitrogen and oxygen atoms in total. The minimum atomic E-state index is -0.654. The van der Waals surface area contributed by atoms with Gasteiger partial charge in [-0.1, -0.05) is 6.07 Å². The van der Waals surface area contributed by atoms with Crippen molar-refractivity contribution >= 4 is 40.0 Å². The molecule has 162 valence electrons. The minimum Gasteiger partial charge on any atom is -0.493 e. The molecule has 0 aromatic heterocycles. The third kappa shape index (κ3) is 4.79. The van der Waals surface area contributed by atoms with Crippen LogP contribution in [0, 0.1) is 0 Å². The molecule has 2 aromatic rings. The van der Waals surface area contributed by atoms with E-state index < -0.39 is 5.91 Å². The van der Waals surface area contributed by atoms with Crippen LogP contribution >= 0.6 is 28.6 Å². The number of carbonyl (C=O) groups excluding carboxylic acids is 1. The number of rotatable bonds is 9. The maximum atomic E-state index is 12.0. The first kappa shape index (κ1) is 23.8. The molecule has 0 aliphatic heterocycles. The van der Waals surface area contributed by atoms with E-state index in [1.807, 2.05) is 6.07 Å². The number of nitrogens with two attached hydrogens (primary N) is 1. The lowest BCUT2D eigenvalue weighted by molar-refractivity contribution is -0.113. The third-order valence-corrected chi connectivity index (χ3v) is 5.82. The smallest absolute Gasteiger partial charge is 0.255 e. The van der Waals surface area contributed by atoms with Crippen LogP contribution in [-0.2, 0) is 11.2 Å². The van der Waals surface area contributed by atoms with Crippen molar-refractivity contribution in [2.75, 3.05) is 35.5 Å². The normalized spacial score (nSPS) is 11.4. The van der Waals surface area contributed by atoms with Crippen LogP contribution in [0.1, 0.15) is 11.1 Å². The fraction of sp³-hybridized carbons (Fsp3) is 0.286. The van der Waals surface area contributed by atoms with Gasteiger partial charge in [0.15, 0.2) is 23.0 Å². The summed E-state index contributed by atoms with van der Waals surface area (Å²) < 4.78 is 27.7. The van der Waals surface area contributed by atoms with E-state index in [1.165, 1.54) is 21.3 Å². The van der Waals surface area contributed by atoms with Crippen LogP contribution in [0.15, 0.2) is 33.6 Å². The zero-order valence-corrected chi connectivity index (χ0v) is 19.8. The van der Waals surface area contributed by atoms with Gasteiger partial charge in [0.2, 0.25) is 5.75 Å². The molecule has 2 rings (SSSR count). The van der Waals surface area contributed by atoms with Gasteiger partial charge in [0.05, 0.1) is 44.9 Å². The predicted molar refractivity (Wildman–Crippen MR) is 122 cm³/mol. The van der Waals surface area contributed by atoms with Crippen molar-refractivity contribution in [1.29, 1.82) is 0 Å². The molecule has 0 unspecified atom stereocenters. The maximum Gasteiger partial charge on any atom is 0.255 e. The summed E-state index contributed by atoms with van der Waals surface area (Å²) >= 11 is 7.94. The summed E-state index contributed by atoms with van der Waals surface area (Å²) in [5.41, 5.74) is 7.61. The lowest BCUT2D eigenvalue weighted by Crippen LogP contribution is -2.13. The number of allylic oxidation sites excluding steroid dienone is 1. The van der Waals surface area contributed by atoms with Crippen molar-refractivity contribution in [1.82, 2.24) is 0 Å². The van der Waals surface area contributed by atoms with E-state index in [4.69, 9.17) is 29.4 Å². The third-order valence-electron chi connectivity index (χ3n) is 4.46. The van der Waals surface area contributed by atoms with Crippen molar-refractivity contribution in [3.8, 4) is 28.7 Å². The van der Waals surface area contributed by atoms with Gasteiger partial charge >= 0.3 is 0 Å². The molecular formula is C21H24BrNO6S. The second-order valence-electron chi connectivity index (χ2n) is 6.06. The average Bonchev–Trinajstić information content (AvgIpc) is 2.76. The van der Waals surface area contributed by atoms with Gasteiger partial charge in [-0.05, 0) is 50.8 Å². The highest BCUT2D eigenvalue weighted by molar-refractivity contribution is 9.10. The van der Waals surface area contributed by atoms with E-state index >= 15 is 0 Å². The molecule has 0 atom stereocenters. The predicted octanol–water partition coefficient (Wildman–Crippen LogP) is 3.86. The largest absolute Gasteiger partial charge is 0.493 e. The Kier molecular flexibility index (Phi) is 8.31. The molecule has 0 saturated heterocycles. The van der Waals surface area contributed by atoms with Gasteiger partial charge in [0.1, 0.15) is 0 Å². The quantitative estimate of drug-likeness (QED) is 0.403. The number of benzene rings is 2. The molecule has 0 spiro atoms. The Bertz CT molecular complexity index is 951. The Morgan fingerprint density at radius 3 is 1.87 bits per heavy atom. The molecule has 0 bridgehead atoms. The minimum absolute atomic E-state index is 0.117. The monoisotopic (exact) mass is 497 g/mol. The second kappa shape index (κ2) is 10.5. The van der Waals surface area contributed by atoms with Crippen LogP contribution in [0.4, 0.5) is 0 Å². The number of carbonyl (C=O) groups is 1. The van der Waals surface area contributed by atoms with Crippen LogP contribution in [0.3, 0.4) is 0 Å². The van der Waals surface area contributed by atoms with Crippen molar-refractivity contribution in [3.63, 3.8) is 0 Å². The van der Waals surface area contributed by atoms with Crippen LogP contribution in [0.25, 0.3) is 5.57 Å². The van der Waals surface area contributed by atoms with Gasteiger partial charge in [-0.25, -0.2) is 0 Å². The van der Waals surface area contributed by atoms with Crippen molar-refractivity contribution < 1.29 is 28.5 Å². The number of ether oxygens (including phenoxy) is 5. The molecule has 0 fully saturated rings. The first-order chi connectivity index (χ1) is 14.3. The van der Waals surface area contributed by atoms with Crippen LogP contribution in [0.2, 0.25) is 0 Å². The highest BCUT2D eigenvalue weighted by Gasteiger charge is 2.21. The number of thiol groups is 1. The Balaban J connectivity index is 2.69. The summed E-state index contributed by atoms with van der Waals surface area (Å²) in [6, 6.07) is 7.13. The van der Waals surface area contributed by atoms with Crippen LogP contribution in [0.5, 0.6) is 28.7 Å². The number of amides is 1. The zero-order valence-electron chi connectivity index (χ0n) is 17.4. The lowest BCUT2D eigenvalue weighted by Gasteiger charge is -2.18. The molecule has 0 aliphatic rings. The first-order valence-electron chi connectivity index (χ1n) is 8.74. The molecule has 2 aromatic carbocycles. The van der Waals surface area contributed by atoms with Gasteiger partial charge in [-0.3, -0.25) is 4.79 Å². The van der Waals surface area contributed by atoms with Crippen LogP contribution < -0.4 is 29.4 Å². The lowest BCUT2D eigenvalue weighted by atomic mass is 9.96. The summed E-state index contributed by atoms with van der Waals surface area (Å²) in [6.07, 6.45) is 0.321. The standard InChI is InChI=1S/C21H24BrNO6S/c1-25-14-7-6-11(17(22)19(14)29-5)8-13(20(30)21(23)24)12-9-15(26-2)18(28-4)16(10-12)27-3/h6-7,9-10,30H,8H2,1-5H3,(H2,23,24)/b20-13-. The fourth-order valence-electron chi connectivity index (χ4n) is 2.98. The number of primary amides is 1. The van der Waals surface area contributed by atoms with Gasteiger partial charge in [-0.2, -0.15) is 0 Å². The van der Waals surface area contributed by atoms with E-state index in [2.05, 4.69) is 28.6 Å². The van der Waals surface area contributed by atoms with E-state index in [-0.39, 0.29) is 4.91 Å². The Morgan fingerprint density at radius 2 is 1.43 bits per heavy atom. The molecule has 0 radical (unpaired) electrons.